The van der Waals surface area contributed by atoms with Crippen LogP contribution in [0, 0.1) is 5.92 Å². The molecule has 13 heavy (non-hydrogen) atoms. The zero-order chi connectivity index (χ0) is 9.52. The van der Waals surface area contributed by atoms with Crippen LogP contribution in [0.3, 0.4) is 0 Å². The molecule has 0 heteroatoms. The Morgan fingerprint density at radius 3 is 2.46 bits per heavy atom. The van der Waals surface area contributed by atoms with E-state index in [1.54, 1.807) is 5.92 Å². The van der Waals surface area contributed by atoms with Gasteiger partial charge >= 0.3 is 0 Å². The molecule has 0 amide bonds. The summed E-state index contributed by atoms with van der Waals surface area (Å²) in [4.78, 5) is 0. The van der Waals surface area contributed by atoms with Crippen LogP contribution in [0.4, 0.5) is 0 Å². The Labute approximate surface area is 82.0 Å². The summed E-state index contributed by atoms with van der Waals surface area (Å²) in [6, 6.07) is 10.7. The molecule has 0 saturated heterocycles. The van der Waals surface area contributed by atoms with Crippen molar-refractivity contribution in [1.82, 2.24) is 0 Å². The molecule has 0 unspecified atom stereocenters. The van der Waals surface area contributed by atoms with Gasteiger partial charge in [0.25, 0.3) is 0 Å². The summed E-state index contributed by atoms with van der Waals surface area (Å²) >= 11 is 0. The molecule has 0 saturated carbocycles. The smallest absolute Gasteiger partial charge is 0.0219 e. The summed E-state index contributed by atoms with van der Waals surface area (Å²) in [6.45, 7) is 4.51. The SMILES string of the molecule is CCCC[C](C)Cc1ccccc1. The van der Waals surface area contributed by atoms with E-state index in [1.165, 1.54) is 24.8 Å². The molecular weight excluding hydrogens is 156 g/mol. The van der Waals surface area contributed by atoms with Crippen molar-refractivity contribution in [1.29, 1.82) is 0 Å². The quantitative estimate of drug-likeness (QED) is 0.634. The van der Waals surface area contributed by atoms with Crippen LogP contribution in [0.1, 0.15) is 38.7 Å². The van der Waals surface area contributed by atoms with Crippen molar-refractivity contribution >= 4 is 0 Å². The topological polar surface area (TPSA) is 0 Å². The second kappa shape index (κ2) is 5.80. The highest BCUT2D eigenvalue weighted by Crippen LogP contribution is 2.15. The standard InChI is InChI=1S/C13H19/c1-3-4-8-12(2)11-13-9-6-5-7-10-13/h5-7,9-10H,3-4,8,11H2,1-2H3. The van der Waals surface area contributed by atoms with Gasteiger partial charge in [-0.25, -0.2) is 0 Å². The molecule has 0 aliphatic heterocycles. The van der Waals surface area contributed by atoms with E-state index in [-0.39, 0.29) is 0 Å². The van der Waals surface area contributed by atoms with E-state index in [0.29, 0.717) is 0 Å². The van der Waals surface area contributed by atoms with Gasteiger partial charge < -0.3 is 0 Å². The highest BCUT2D eigenvalue weighted by Gasteiger charge is 2.02. The normalized spacial score (nSPS) is 10.7. The lowest BCUT2D eigenvalue weighted by molar-refractivity contribution is 0.701. The molecule has 0 fully saturated rings. The molecule has 0 spiro atoms. The first-order chi connectivity index (χ1) is 6.33. The maximum absolute atomic E-state index is 2.27. The highest BCUT2D eigenvalue weighted by atomic mass is 14.1. The molecule has 0 heterocycles. The van der Waals surface area contributed by atoms with Crippen molar-refractivity contribution in [2.75, 3.05) is 0 Å². The van der Waals surface area contributed by atoms with Crippen LogP contribution in [-0.2, 0) is 6.42 Å². The van der Waals surface area contributed by atoms with Crippen LogP contribution in [-0.4, -0.2) is 0 Å². The molecule has 0 aromatic heterocycles. The average molecular weight is 175 g/mol. The Morgan fingerprint density at radius 2 is 1.85 bits per heavy atom. The largest absolute Gasteiger partial charge is 0.0654 e. The monoisotopic (exact) mass is 175 g/mol. The van der Waals surface area contributed by atoms with Gasteiger partial charge in [0.2, 0.25) is 0 Å². The maximum Gasteiger partial charge on any atom is -0.0219 e. The number of hydrogen-bond donors (Lipinski definition) is 0. The lowest BCUT2D eigenvalue weighted by Gasteiger charge is -2.09. The first-order valence-electron chi connectivity index (χ1n) is 5.18. The molecule has 0 aliphatic carbocycles. The molecule has 1 aromatic carbocycles. The second-order valence-electron chi connectivity index (χ2n) is 3.72. The number of unbranched alkanes of at least 4 members (excludes halogenated alkanes) is 1. The minimum absolute atomic E-state index is 1.15. The van der Waals surface area contributed by atoms with Crippen LogP contribution < -0.4 is 0 Å². The minimum atomic E-state index is 1.15. The molecule has 71 valence electrons. The number of rotatable bonds is 5. The van der Waals surface area contributed by atoms with Gasteiger partial charge in [0, 0.05) is 0 Å². The summed E-state index contributed by atoms with van der Waals surface area (Å²) in [5, 5.41) is 0. The molecule has 1 rings (SSSR count). The van der Waals surface area contributed by atoms with Gasteiger partial charge in [-0.1, -0.05) is 57.0 Å². The summed E-state index contributed by atoms with van der Waals surface area (Å²) in [7, 11) is 0. The molecule has 0 N–H and O–H groups in total. The fourth-order valence-electron chi connectivity index (χ4n) is 1.51. The van der Waals surface area contributed by atoms with Crippen LogP contribution in [0.15, 0.2) is 30.3 Å². The van der Waals surface area contributed by atoms with E-state index in [9.17, 15) is 0 Å². The second-order valence-corrected chi connectivity index (χ2v) is 3.72. The van der Waals surface area contributed by atoms with E-state index in [2.05, 4.69) is 44.2 Å². The summed E-state index contributed by atoms with van der Waals surface area (Å²) in [5.74, 6) is 1.60. The zero-order valence-electron chi connectivity index (χ0n) is 8.72. The Bertz CT molecular complexity index is 213. The predicted octanol–water partition coefficient (Wildman–Crippen LogP) is 4.01. The molecule has 1 aromatic rings. The first-order valence-corrected chi connectivity index (χ1v) is 5.18. The van der Waals surface area contributed by atoms with Gasteiger partial charge in [-0.05, 0) is 24.3 Å². The molecule has 1 radical (unpaired) electrons. The third kappa shape index (κ3) is 4.12. The van der Waals surface area contributed by atoms with Crippen molar-refractivity contribution in [3.05, 3.63) is 41.8 Å². The Hall–Kier alpha value is -0.780. The fraction of sp³-hybridized carbons (Fsp3) is 0.462. The molecule has 0 bridgehead atoms. The van der Waals surface area contributed by atoms with Crippen molar-refractivity contribution in [3.8, 4) is 0 Å². The molecule has 0 aliphatic rings. The van der Waals surface area contributed by atoms with Crippen molar-refractivity contribution in [3.63, 3.8) is 0 Å². The van der Waals surface area contributed by atoms with Gasteiger partial charge in [0.15, 0.2) is 0 Å². The summed E-state index contributed by atoms with van der Waals surface area (Å²) < 4.78 is 0. The third-order valence-electron chi connectivity index (χ3n) is 2.31. The van der Waals surface area contributed by atoms with Crippen molar-refractivity contribution in [2.24, 2.45) is 0 Å². The molecule has 0 nitrogen and oxygen atoms in total. The van der Waals surface area contributed by atoms with E-state index in [1.807, 2.05) is 0 Å². The van der Waals surface area contributed by atoms with E-state index >= 15 is 0 Å². The zero-order valence-corrected chi connectivity index (χ0v) is 8.72. The first kappa shape index (κ1) is 10.3. The fourth-order valence-corrected chi connectivity index (χ4v) is 1.51. The van der Waals surface area contributed by atoms with Gasteiger partial charge in [-0.2, -0.15) is 0 Å². The lowest BCUT2D eigenvalue weighted by atomic mass is 9.96. The van der Waals surface area contributed by atoms with Gasteiger partial charge in [-0.3, -0.25) is 0 Å². The lowest BCUT2D eigenvalue weighted by Crippen LogP contribution is -1.96. The van der Waals surface area contributed by atoms with Crippen LogP contribution in [0.5, 0.6) is 0 Å². The van der Waals surface area contributed by atoms with Crippen LogP contribution in [0.2, 0.25) is 0 Å². The van der Waals surface area contributed by atoms with E-state index < -0.39 is 0 Å². The van der Waals surface area contributed by atoms with Gasteiger partial charge in [-0.15, -0.1) is 0 Å². The van der Waals surface area contributed by atoms with Crippen molar-refractivity contribution in [2.45, 2.75) is 39.5 Å². The van der Waals surface area contributed by atoms with Gasteiger partial charge in [0.05, 0.1) is 0 Å². The van der Waals surface area contributed by atoms with Crippen LogP contribution >= 0.6 is 0 Å². The third-order valence-corrected chi connectivity index (χ3v) is 2.31. The number of hydrogen-bond acceptors (Lipinski definition) is 0. The average Bonchev–Trinajstić information content (AvgIpc) is 2.16. The molecular formula is C13H19. The Balaban J connectivity index is 2.32. The predicted molar refractivity (Wildman–Crippen MR) is 58.6 cm³/mol. The Morgan fingerprint density at radius 1 is 1.15 bits per heavy atom. The van der Waals surface area contributed by atoms with E-state index in [0.717, 1.165) is 6.42 Å². The summed E-state index contributed by atoms with van der Waals surface area (Å²) in [6.07, 6.45) is 5.07. The molecule has 0 atom stereocenters. The van der Waals surface area contributed by atoms with Crippen molar-refractivity contribution < 1.29 is 0 Å². The van der Waals surface area contributed by atoms with Gasteiger partial charge in [0.1, 0.15) is 0 Å². The highest BCUT2D eigenvalue weighted by molar-refractivity contribution is 5.18. The van der Waals surface area contributed by atoms with Crippen LogP contribution in [0.25, 0.3) is 0 Å². The Kier molecular flexibility index (Phi) is 4.59. The number of benzene rings is 1. The minimum Gasteiger partial charge on any atom is -0.0654 e. The maximum atomic E-state index is 2.27. The van der Waals surface area contributed by atoms with E-state index in [4.69, 9.17) is 0 Å². The summed E-state index contributed by atoms with van der Waals surface area (Å²) in [5.41, 5.74) is 1.44.